The second-order valence-corrected chi connectivity index (χ2v) is 5.75. The van der Waals surface area contributed by atoms with Crippen LogP contribution in [-0.4, -0.2) is 9.97 Å². The predicted molar refractivity (Wildman–Crippen MR) is 81.5 cm³/mol. The third-order valence-corrected chi connectivity index (χ3v) is 3.63. The normalized spacial score (nSPS) is 10.4. The Morgan fingerprint density at radius 1 is 1.22 bits per heavy atom. The van der Waals surface area contributed by atoms with Crippen molar-refractivity contribution in [3.63, 3.8) is 0 Å². The number of halogens is 3. The number of nitrogens with zero attached hydrogens (tertiary/aromatic N) is 2. The molecule has 0 saturated carbocycles. The van der Waals surface area contributed by atoms with Crippen molar-refractivity contribution in [3.8, 4) is 0 Å². The molecule has 2 aromatic rings. The fraction of sp³-hybridized carbons (Fsp3) is 0.167. The van der Waals surface area contributed by atoms with Crippen LogP contribution in [0.2, 0.25) is 5.15 Å². The lowest BCUT2D eigenvalue weighted by molar-refractivity contribution is 0.943. The molecule has 6 heteroatoms. The summed E-state index contributed by atoms with van der Waals surface area (Å²) >= 11 is 12.9. The Kier molecular flexibility index (Phi) is 4.59. The van der Waals surface area contributed by atoms with Crippen LogP contribution in [-0.2, 0) is 6.42 Å². The van der Waals surface area contributed by atoms with Gasteiger partial charge >= 0.3 is 0 Å². The minimum absolute atomic E-state index is 0.440. The smallest absolute Gasteiger partial charge is 0.135 e. The van der Waals surface area contributed by atoms with Gasteiger partial charge in [0.15, 0.2) is 0 Å². The number of hydrogen-bond donors (Lipinski definition) is 1. The number of aryl methyl sites for hydroxylation is 1. The van der Waals surface area contributed by atoms with Crippen molar-refractivity contribution >= 4 is 55.0 Å². The van der Waals surface area contributed by atoms with Gasteiger partial charge in [-0.05, 0) is 34.1 Å². The first-order chi connectivity index (χ1) is 8.58. The Labute approximate surface area is 127 Å². The summed E-state index contributed by atoms with van der Waals surface area (Å²) < 4.78 is 1.95. The Bertz CT molecular complexity index is 575. The lowest BCUT2D eigenvalue weighted by Crippen LogP contribution is -2.00. The van der Waals surface area contributed by atoms with E-state index in [1.165, 1.54) is 0 Å². The highest BCUT2D eigenvalue weighted by Crippen LogP contribution is 2.28. The van der Waals surface area contributed by atoms with Crippen LogP contribution in [0.3, 0.4) is 0 Å². The molecular formula is C12H10Br2ClN3. The largest absolute Gasteiger partial charge is 0.339 e. The molecule has 1 heterocycles. The molecule has 0 unspecified atom stereocenters. The van der Waals surface area contributed by atoms with E-state index in [0.29, 0.717) is 11.0 Å². The molecule has 0 saturated heterocycles. The van der Waals surface area contributed by atoms with Gasteiger partial charge in [0.05, 0.1) is 5.69 Å². The fourth-order valence-corrected chi connectivity index (χ4v) is 2.33. The van der Waals surface area contributed by atoms with Crippen molar-refractivity contribution in [3.05, 3.63) is 44.2 Å². The van der Waals surface area contributed by atoms with Gasteiger partial charge in [-0.25, -0.2) is 9.97 Å². The van der Waals surface area contributed by atoms with Crippen LogP contribution >= 0.6 is 43.5 Å². The number of rotatable bonds is 3. The third-order valence-electron chi connectivity index (χ3n) is 2.25. The summed E-state index contributed by atoms with van der Waals surface area (Å²) in [6.45, 7) is 1.99. The van der Waals surface area contributed by atoms with Crippen LogP contribution in [0.5, 0.6) is 0 Å². The summed E-state index contributed by atoms with van der Waals surface area (Å²) in [5.41, 5.74) is 0.918. The van der Waals surface area contributed by atoms with Gasteiger partial charge in [0.1, 0.15) is 16.8 Å². The number of nitrogens with one attached hydrogen (secondary N) is 1. The molecule has 0 aliphatic carbocycles. The van der Waals surface area contributed by atoms with E-state index in [1.807, 2.05) is 25.1 Å². The third kappa shape index (κ3) is 3.43. The van der Waals surface area contributed by atoms with Crippen LogP contribution in [0.15, 0.2) is 33.2 Å². The molecule has 0 fully saturated rings. The van der Waals surface area contributed by atoms with Crippen molar-refractivity contribution < 1.29 is 0 Å². The highest BCUT2D eigenvalue weighted by atomic mass is 79.9. The molecule has 0 amide bonds. The predicted octanol–water partition coefficient (Wildman–Crippen LogP) is 4.96. The molecular weight excluding hydrogens is 381 g/mol. The van der Waals surface area contributed by atoms with E-state index >= 15 is 0 Å². The van der Waals surface area contributed by atoms with E-state index in [-0.39, 0.29) is 0 Å². The molecule has 1 aromatic heterocycles. The van der Waals surface area contributed by atoms with Crippen molar-refractivity contribution in [1.29, 1.82) is 0 Å². The van der Waals surface area contributed by atoms with Crippen LogP contribution < -0.4 is 5.32 Å². The van der Waals surface area contributed by atoms with Gasteiger partial charge in [0.25, 0.3) is 0 Å². The number of hydrogen-bond acceptors (Lipinski definition) is 3. The maximum Gasteiger partial charge on any atom is 0.135 e. The molecule has 1 N–H and O–H groups in total. The summed E-state index contributed by atoms with van der Waals surface area (Å²) in [5, 5.41) is 3.66. The molecule has 2 rings (SSSR count). The van der Waals surface area contributed by atoms with Crippen LogP contribution in [0.1, 0.15) is 12.7 Å². The van der Waals surface area contributed by atoms with E-state index in [1.54, 1.807) is 6.07 Å². The lowest BCUT2D eigenvalue weighted by atomic mass is 10.3. The first-order valence-corrected chi connectivity index (χ1v) is 7.30. The molecule has 0 atom stereocenters. The summed E-state index contributed by atoms with van der Waals surface area (Å²) in [7, 11) is 0. The Morgan fingerprint density at radius 2 is 2.00 bits per heavy atom. The first-order valence-electron chi connectivity index (χ1n) is 5.34. The summed E-state index contributed by atoms with van der Waals surface area (Å²) in [6.07, 6.45) is 0.745. The quantitative estimate of drug-likeness (QED) is 0.752. The summed E-state index contributed by atoms with van der Waals surface area (Å²) in [5.74, 6) is 1.40. The zero-order chi connectivity index (χ0) is 13.1. The maximum absolute atomic E-state index is 5.95. The van der Waals surface area contributed by atoms with E-state index < -0.39 is 0 Å². The molecule has 0 aliphatic heterocycles. The molecule has 0 radical (unpaired) electrons. The van der Waals surface area contributed by atoms with E-state index in [9.17, 15) is 0 Å². The topological polar surface area (TPSA) is 37.8 Å². The van der Waals surface area contributed by atoms with Crippen molar-refractivity contribution in [2.45, 2.75) is 13.3 Å². The first kappa shape index (κ1) is 13.8. The van der Waals surface area contributed by atoms with Gasteiger partial charge in [0, 0.05) is 21.4 Å². The molecule has 0 aliphatic rings. The Morgan fingerprint density at radius 3 is 2.72 bits per heavy atom. The minimum Gasteiger partial charge on any atom is -0.339 e. The SMILES string of the molecule is CCc1nc(Cl)cc(Nc2cc(Br)ccc2Br)n1. The average Bonchev–Trinajstić information content (AvgIpc) is 2.33. The van der Waals surface area contributed by atoms with Gasteiger partial charge in [-0.3, -0.25) is 0 Å². The zero-order valence-electron chi connectivity index (χ0n) is 9.54. The highest BCUT2D eigenvalue weighted by Gasteiger charge is 2.05. The molecule has 0 bridgehead atoms. The van der Waals surface area contributed by atoms with Gasteiger partial charge in [-0.1, -0.05) is 34.5 Å². The summed E-state index contributed by atoms with van der Waals surface area (Å²) in [6, 6.07) is 7.58. The van der Waals surface area contributed by atoms with Crippen molar-refractivity contribution in [2.75, 3.05) is 5.32 Å². The lowest BCUT2D eigenvalue weighted by Gasteiger charge is -2.09. The monoisotopic (exact) mass is 389 g/mol. The van der Waals surface area contributed by atoms with Gasteiger partial charge in [-0.2, -0.15) is 0 Å². The summed E-state index contributed by atoms with van der Waals surface area (Å²) in [4.78, 5) is 8.50. The molecule has 94 valence electrons. The Hall–Kier alpha value is -0.650. The van der Waals surface area contributed by atoms with E-state index in [0.717, 1.165) is 26.9 Å². The molecule has 18 heavy (non-hydrogen) atoms. The van der Waals surface area contributed by atoms with Crippen molar-refractivity contribution in [1.82, 2.24) is 9.97 Å². The molecule has 0 spiro atoms. The standard InChI is InChI=1S/C12H10Br2ClN3/c1-2-11-17-10(15)6-12(18-11)16-9-5-7(13)3-4-8(9)14/h3-6H,2H2,1H3,(H,16,17,18). The van der Waals surface area contributed by atoms with E-state index in [4.69, 9.17) is 11.6 Å². The second-order valence-electron chi connectivity index (χ2n) is 3.59. The average molecular weight is 391 g/mol. The van der Waals surface area contributed by atoms with Gasteiger partial charge in [-0.15, -0.1) is 0 Å². The van der Waals surface area contributed by atoms with Crippen molar-refractivity contribution in [2.24, 2.45) is 0 Å². The number of anilines is 2. The highest BCUT2D eigenvalue weighted by molar-refractivity contribution is 9.11. The maximum atomic E-state index is 5.95. The minimum atomic E-state index is 0.440. The van der Waals surface area contributed by atoms with Gasteiger partial charge in [0.2, 0.25) is 0 Å². The number of benzene rings is 1. The Balaban J connectivity index is 2.33. The van der Waals surface area contributed by atoms with E-state index in [2.05, 4.69) is 47.1 Å². The molecule has 3 nitrogen and oxygen atoms in total. The van der Waals surface area contributed by atoms with Crippen LogP contribution in [0, 0.1) is 0 Å². The number of aromatic nitrogens is 2. The fourth-order valence-electron chi connectivity index (χ4n) is 1.42. The second kappa shape index (κ2) is 5.99. The zero-order valence-corrected chi connectivity index (χ0v) is 13.5. The van der Waals surface area contributed by atoms with Crippen LogP contribution in [0.25, 0.3) is 0 Å². The molecule has 1 aromatic carbocycles. The van der Waals surface area contributed by atoms with Gasteiger partial charge < -0.3 is 5.32 Å². The van der Waals surface area contributed by atoms with Crippen LogP contribution in [0.4, 0.5) is 11.5 Å².